The summed E-state index contributed by atoms with van der Waals surface area (Å²) in [6.45, 7) is 3.74. The molecule has 1 heterocycles. The van der Waals surface area contributed by atoms with Crippen molar-refractivity contribution >= 4 is 17.7 Å². The summed E-state index contributed by atoms with van der Waals surface area (Å²) < 4.78 is 0. The van der Waals surface area contributed by atoms with E-state index in [2.05, 4.69) is 5.32 Å². The Hall–Kier alpha value is -0.380. The van der Waals surface area contributed by atoms with Gasteiger partial charge >= 0.3 is 5.97 Å². The maximum atomic E-state index is 11.5. The Morgan fingerprint density at radius 2 is 1.85 bits per heavy atom. The lowest BCUT2D eigenvalue weighted by Gasteiger charge is -2.45. The van der Waals surface area contributed by atoms with E-state index in [1.54, 1.807) is 0 Å². The Bertz CT molecular complexity index is 463. The van der Waals surface area contributed by atoms with E-state index in [9.17, 15) is 30.3 Å². The lowest BCUT2D eigenvalue weighted by Crippen LogP contribution is -2.57. The Balaban J connectivity index is 2.01. The molecule has 8 atom stereocenters. The van der Waals surface area contributed by atoms with Gasteiger partial charge in [0.15, 0.2) is 0 Å². The van der Waals surface area contributed by atoms with E-state index in [-0.39, 0.29) is 29.7 Å². The van der Waals surface area contributed by atoms with E-state index in [4.69, 9.17) is 0 Å². The van der Waals surface area contributed by atoms with E-state index in [1.807, 2.05) is 13.8 Å². The number of nitrogens with one attached hydrogen (secondary N) is 1. The molecule has 0 radical (unpaired) electrons. The third-order valence-electron chi connectivity index (χ3n) is 5.55. The molecule has 1 saturated carbocycles. The van der Waals surface area contributed by atoms with E-state index in [1.165, 1.54) is 11.8 Å². The molecule has 26 heavy (non-hydrogen) atoms. The Kier molecular flexibility index (Phi) is 8.18. The second kappa shape index (κ2) is 9.71. The highest BCUT2D eigenvalue weighted by atomic mass is 32.2. The Labute approximate surface area is 159 Å². The third kappa shape index (κ3) is 5.33. The van der Waals surface area contributed by atoms with Crippen LogP contribution in [0, 0.1) is 11.8 Å². The van der Waals surface area contributed by atoms with Crippen molar-refractivity contribution in [3.8, 4) is 0 Å². The molecule has 152 valence electrons. The molecule has 1 aliphatic heterocycles. The number of aliphatic carboxylic acids is 1. The second-order valence-corrected chi connectivity index (χ2v) is 9.53. The first-order chi connectivity index (χ1) is 12.2. The van der Waals surface area contributed by atoms with Crippen LogP contribution >= 0.6 is 11.8 Å². The van der Waals surface area contributed by atoms with Crippen LogP contribution in [0.2, 0.25) is 0 Å². The van der Waals surface area contributed by atoms with E-state index in [0.717, 1.165) is 25.7 Å². The fourth-order valence-electron chi connectivity index (χ4n) is 4.19. The second-order valence-electron chi connectivity index (χ2n) is 8.10. The van der Waals surface area contributed by atoms with Crippen molar-refractivity contribution in [2.24, 2.45) is 11.8 Å². The summed E-state index contributed by atoms with van der Waals surface area (Å²) >= 11 is 1.34. The molecule has 2 unspecified atom stereocenters. The zero-order chi connectivity index (χ0) is 19.4. The molecular weight excluding hydrogens is 358 g/mol. The van der Waals surface area contributed by atoms with Crippen molar-refractivity contribution in [1.29, 1.82) is 0 Å². The van der Waals surface area contributed by atoms with Crippen LogP contribution in [0.1, 0.15) is 46.0 Å². The molecule has 6 N–H and O–H groups in total. The normalized spacial score (nSPS) is 39.7. The molecule has 8 heteroatoms. The van der Waals surface area contributed by atoms with Gasteiger partial charge in [-0.1, -0.05) is 20.3 Å². The summed E-state index contributed by atoms with van der Waals surface area (Å²) in [5.41, 5.74) is 0. The van der Waals surface area contributed by atoms with Crippen LogP contribution in [-0.4, -0.2) is 79.0 Å². The lowest BCUT2D eigenvalue weighted by atomic mass is 9.80. The van der Waals surface area contributed by atoms with Gasteiger partial charge in [-0.25, -0.2) is 0 Å². The highest BCUT2D eigenvalue weighted by Gasteiger charge is 2.46. The lowest BCUT2D eigenvalue weighted by molar-refractivity contribution is -0.140. The van der Waals surface area contributed by atoms with Gasteiger partial charge in [-0.2, -0.15) is 0 Å². The average Bonchev–Trinajstić information content (AvgIpc) is 2.59. The first-order valence-corrected chi connectivity index (χ1v) is 10.5. The minimum absolute atomic E-state index is 0.0537. The molecule has 2 rings (SSSR count). The van der Waals surface area contributed by atoms with E-state index < -0.39 is 35.6 Å². The standard InChI is InChI=1S/C18H33NO6S/c1-9(2)6-12(18(24)25)19-11-5-3-4-10(7-11)17-16(23)15(22)14(21)13(8-20)26-17/h9-17,19-23H,3-8H2,1-2H3,(H,24,25)/t10?,11?,12-,13+,14-,15-,16+,17-/m0/s1. The van der Waals surface area contributed by atoms with Crippen LogP contribution in [0.5, 0.6) is 0 Å². The molecule has 2 aliphatic rings. The summed E-state index contributed by atoms with van der Waals surface area (Å²) in [5, 5.41) is 51.9. The van der Waals surface area contributed by atoms with Crippen LogP contribution in [-0.2, 0) is 4.79 Å². The van der Waals surface area contributed by atoms with Crippen molar-refractivity contribution in [2.45, 2.75) is 86.8 Å². The van der Waals surface area contributed by atoms with Gasteiger partial charge in [0, 0.05) is 11.3 Å². The molecule has 1 saturated heterocycles. The average molecular weight is 392 g/mol. The maximum absolute atomic E-state index is 11.5. The van der Waals surface area contributed by atoms with Gasteiger partial charge in [0.05, 0.1) is 24.1 Å². The Morgan fingerprint density at radius 1 is 1.15 bits per heavy atom. The van der Waals surface area contributed by atoms with E-state index >= 15 is 0 Å². The van der Waals surface area contributed by atoms with Crippen LogP contribution in [0.25, 0.3) is 0 Å². The van der Waals surface area contributed by atoms with Gasteiger partial charge in [-0.15, -0.1) is 11.8 Å². The number of hydrogen-bond donors (Lipinski definition) is 6. The number of rotatable bonds is 7. The summed E-state index contributed by atoms with van der Waals surface area (Å²) in [7, 11) is 0. The number of thioether (sulfide) groups is 1. The maximum Gasteiger partial charge on any atom is 0.320 e. The first kappa shape index (κ1) is 21.9. The number of hydrogen-bond acceptors (Lipinski definition) is 7. The fourth-order valence-corrected chi connectivity index (χ4v) is 5.80. The van der Waals surface area contributed by atoms with Crippen LogP contribution < -0.4 is 5.32 Å². The molecular formula is C18H33NO6S. The van der Waals surface area contributed by atoms with Gasteiger partial charge in [-0.3, -0.25) is 4.79 Å². The van der Waals surface area contributed by atoms with Crippen LogP contribution in [0.4, 0.5) is 0 Å². The minimum atomic E-state index is -1.26. The predicted molar refractivity (Wildman–Crippen MR) is 100 cm³/mol. The van der Waals surface area contributed by atoms with Crippen molar-refractivity contribution in [3.63, 3.8) is 0 Å². The first-order valence-electron chi connectivity index (χ1n) is 9.54. The highest BCUT2D eigenvalue weighted by molar-refractivity contribution is 8.00. The topological polar surface area (TPSA) is 130 Å². The summed E-state index contributed by atoms with van der Waals surface area (Å²) in [4.78, 5) is 11.5. The molecule has 0 amide bonds. The minimum Gasteiger partial charge on any atom is -0.480 e. The van der Waals surface area contributed by atoms with Crippen LogP contribution in [0.15, 0.2) is 0 Å². The van der Waals surface area contributed by atoms with Crippen molar-refractivity contribution in [3.05, 3.63) is 0 Å². The number of carbonyl (C=O) groups is 1. The van der Waals surface area contributed by atoms with Crippen LogP contribution in [0.3, 0.4) is 0 Å². The van der Waals surface area contributed by atoms with Gasteiger partial charge < -0.3 is 30.8 Å². The molecule has 1 aliphatic carbocycles. The van der Waals surface area contributed by atoms with Gasteiger partial charge in [0.1, 0.15) is 12.1 Å². The highest BCUT2D eigenvalue weighted by Crippen LogP contribution is 2.42. The largest absolute Gasteiger partial charge is 0.480 e. The monoisotopic (exact) mass is 391 g/mol. The molecule has 2 fully saturated rings. The quantitative estimate of drug-likeness (QED) is 0.363. The molecule has 0 aromatic rings. The summed E-state index contributed by atoms with van der Waals surface area (Å²) in [6.07, 6.45) is 0.522. The van der Waals surface area contributed by atoms with E-state index in [0.29, 0.717) is 6.42 Å². The molecule has 0 spiro atoms. The Morgan fingerprint density at radius 3 is 2.42 bits per heavy atom. The molecule has 0 aromatic heterocycles. The predicted octanol–water partition coefficient (Wildman–Crippen LogP) is 0.193. The zero-order valence-corrected chi connectivity index (χ0v) is 16.3. The number of carboxylic acids is 1. The summed E-state index contributed by atoms with van der Waals surface area (Å²) in [5.74, 6) is -0.460. The molecule has 7 nitrogen and oxygen atoms in total. The number of aliphatic hydroxyl groups is 4. The summed E-state index contributed by atoms with van der Waals surface area (Å²) in [6, 6.07) is -0.529. The molecule has 0 bridgehead atoms. The number of carboxylic acid groups (broad SMARTS) is 1. The van der Waals surface area contributed by atoms with Crippen molar-refractivity contribution < 1.29 is 30.3 Å². The molecule has 0 aromatic carbocycles. The van der Waals surface area contributed by atoms with Crippen molar-refractivity contribution in [1.82, 2.24) is 5.32 Å². The zero-order valence-electron chi connectivity index (χ0n) is 15.5. The van der Waals surface area contributed by atoms with Gasteiger partial charge in [0.2, 0.25) is 0 Å². The van der Waals surface area contributed by atoms with Gasteiger partial charge in [-0.05, 0) is 37.5 Å². The van der Waals surface area contributed by atoms with Crippen molar-refractivity contribution in [2.75, 3.05) is 6.61 Å². The SMILES string of the molecule is CC(C)C[C@H](NC1CCCC([C@@H]2S[C@H](CO)[C@H](O)[C@H](O)[C@H]2O)C1)C(=O)O. The third-order valence-corrected chi connectivity index (χ3v) is 7.31. The number of aliphatic hydroxyl groups excluding tert-OH is 4. The van der Waals surface area contributed by atoms with Gasteiger partial charge in [0.25, 0.3) is 0 Å². The smallest absolute Gasteiger partial charge is 0.320 e. The fraction of sp³-hybridized carbons (Fsp3) is 0.944.